The van der Waals surface area contributed by atoms with Crippen molar-refractivity contribution in [3.63, 3.8) is 0 Å². The second-order valence-corrected chi connectivity index (χ2v) is 6.41. The fourth-order valence-corrected chi connectivity index (χ4v) is 2.24. The molecular weight excluding hydrogens is 280 g/mol. The Kier molecular flexibility index (Phi) is 4.20. The van der Waals surface area contributed by atoms with Gasteiger partial charge in [-0.3, -0.25) is 0 Å². The Morgan fingerprint density at radius 3 is 2.68 bits per heavy atom. The first-order chi connectivity index (χ1) is 10.2. The highest BCUT2D eigenvalue weighted by Crippen LogP contribution is 2.25. The fraction of sp³-hybridized carbons (Fsp3) is 0.438. The molecule has 0 N–H and O–H groups in total. The third-order valence-electron chi connectivity index (χ3n) is 2.96. The van der Waals surface area contributed by atoms with Gasteiger partial charge in [0.15, 0.2) is 5.65 Å². The molecule has 0 amide bonds. The molecule has 0 aliphatic heterocycles. The second-order valence-electron chi connectivity index (χ2n) is 6.41. The van der Waals surface area contributed by atoms with E-state index in [1.807, 2.05) is 39.8 Å². The molecule has 6 nitrogen and oxygen atoms in total. The molecule has 0 aromatic carbocycles. The topological polar surface area (TPSA) is 71.2 Å². The number of hydrogen-bond donors (Lipinski definition) is 0. The Labute approximate surface area is 129 Å². The minimum Gasteiger partial charge on any atom is -0.443 e. The SMILES string of the molecule is CN(C)Cc1cn(C(=O)OC(C)(C)C)c2nccc(C#N)c12. The van der Waals surface area contributed by atoms with Crippen molar-refractivity contribution in [2.24, 2.45) is 0 Å². The number of rotatable bonds is 2. The first-order valence-electron chi connectivity index (χ1n) is 7.00. The zero-order valence-corrected chi connectivity index (χ0v) is 13.5. The van der Waals surface area contributed by atoms with Crippen molar-refractivity contribution in [2.75, 3.05) is 14.1 Å². The van der Waals surface area contributed by atoms with Gasteiger partial charge < -0.3 is 9.64 Å². The largest absolute Gasteiger partial charge is 0.443 e. The third-order valence-corrected chi connectivity index (χ3v) is 2.96. The van der Waals surface area contributed by atoms with Crippen LogP contribution < -0.4 is 0 Å². The van der Waals surface area contributed by atoms with Gasteiger partial charge in [0.1, 0.15) is 5.60 Å². The first kappa shape index (κ1) is 16.0. The maximum atomic E-state index is 12.4. The van der Waals surface area contributed by atoms with E-state index in [0.29, 0.717) is 23.1 Å². The molecule has 2 aromatic heterocycles. The van der Waals surface area contributed by atoms with Crippen LogP contribution in [0.15, 0.2) is 18.5 Å². The predicted molar refractivity (Wildman–Crippen MR) is 83.5 cm³/mol. The van der Waals surface area contributed by atoms with Crippen LogP contribution in [0.25, 0.3) is 11.0 Å². The summed E-state index contributed by atoms with van der Waals surface area (Å²) < 4.78 is 6.79. The van der Waals surface area contributed by atoms with Gasteiger partial charge in [0.05, 0.1) is 11.6 Å². The van der Waals surface area contributed by atoms with Gasteiger partial charge >= 0.3 is 6.09 Å². The highest BCUT2D eigenvalue weighted by atomic mass is 16.6. The Balaban J connectivity index is 2.61. The van der Waals surface area contributed by atoms with Crippen LogP contribution in [0.2, 0.25) is 0 Å². The van der Waals surface area contributed by atoms with Crippen LogP contribution in [-0.4, -0.2) is 40.2 Å². The molecule has 0 aliphatic carbocycles. The summed E-state index contributed by atoms with van der Waals surface area (Å²) in [7, 11) is 3.86. The van der Waals surface area contributed by atoms with Crippen molar-refractivity contribution < 1.29 is 9.53 Å². The molecule has 0 atom stereocenters. The number of ether oxygens (including phenoxy) is 1. The van der Waals surface area contributed by atoms with E-state index in [1.165, 1.54) is 10.8 Å². The van der Waals surface area contributed by atoms with Gasteiger partial charge in [-0.1, -0.05) is 0 Å². The normalized spacial score (nSPS) is 11.7. The van der Waals surface area contributed by atoms with Crippen LogP contribution in [-0.2, 0) is 11.3 Å². The van der Waals surface area contributed by atoms with Crippen molar-refractivity contribution >= 4 is 17.1 Å². The Hall–Kier alpha value is -2.39. The smallest absolute Gasteiger partial charge is 0.420 e. The van der Waals surface area contributed by atoms with E-state index < -0.39 is 11.7 Å². The lowest BCUT2D eigenvalue weighted by Crippen LogP contribution is -2.27. The van der Waals surface area contributed by atoms with Gasteiger partial charge in [-0.2, -0.15) is 5.26 Å². The Bertz CT molecular complexity index is 748. The molecule has 0 aliphatic rings. The maximum Gasteiger partial charge on any atom is 0.420 e. The highest BCUT2D eigenvalue weighted by Gasteiger charge is 2.22. The number of fused-ring (bicyclic) bond motifs is 1. The first-order valence-corrected chi connectivity index (χ1v) is 7.00. The fourth-order valence-electron chi connectivity index (χ4n) is 2.24. The number of carbonyl (C=O) groups excluding carboxylic acids is 1. The maximum absolute atomic E-state index is 12.4. The summed E-state index contributed by atoms with van der Waals surface area (Å²) in [5, 5.41) is 10.0. The van der Waals surface area contributed by atoms with E-state index in [9.17, 15) is 10.1 Å². The summed E-state index contributed by atoms with van der Waals surface area (Å²) in [5.41, 5.74) is 1.23. The van der Waals surface area contributed by atoms with Gasteiger partial charge in [-0.05, 0) is 46.5 Å². The molecule has 2 rings (SSSR count). The molecular formula is C16H20N4O2. The van der Waals surface area contributed by atoms with Crippen molar-refractivity contribution in [1.29, 1.82) is 5.26 Å². The van der Waals surface area contributed by atoms with Gasteiger partial charge in [-0.15, -0.1) is 0 Å². The summed E-state index contributed by atoms with van der Waals surface area (Å²) in [6.45, 7) is 6.04. The van der Waals surface area contributed by atoms with Gasteiger partial charge in [0.25, 0.3) is 0 Å². The molecule has 0 unspecified atom stereocenters. The van der Waals surface area contributed by atoms with Gasteiger partial charge in [-0.25, -0.2) is 14.3 Å². The molecule has 0 bridgehead atoms. The minimum absolute atomic E-state index is 0.449. The molecule has 2 aromatic rings. The predicted octanol–water partition coefficient (Wildman–Crippen LogP) is 2.75. The van der Waals surface area contributed by atoms with Crippen molar-refractivity contribution in [1.82, 2.24) is 14.5 Å². The molecule has 0 fully saturated rings. The number of carbonyl (C=O) groups is 1. The Morgan fingerprint density at radius 2 is 2.14 bits per heavy atom. The standard InChI is InChI=1S/C16H20N4O2/c1-16(2,3)22-15(21)20-10-12(9-19(4)5)13-11(8-17)6-7-18-14(13)20/h6-7,10H,9H2,1-5H3. The number of hydrogen-bond acceptors (Lipinski definition) is 5. The molecule has 0 saturated heterocycles. The second kappa shape index (κ2) is 5.78. The van der Waals surface area contributed by atoms with Crippen molar-refractivity contribution in [3.8, 4) is 6.07 Å². The lowest BCUT2D eigenvalue weighted by molar-refractivity contribution is 0.0543. The molecule has 0 saturated carbocycles. The zero-order valence-electron chi connectivity index (χ0n) is 13.5. The number of aromatic nitrogens is 2. The van der Waals surface area contributed by atoms with E-state index in [2.05, 4.69) is 11.1 Å². The monoisotopic (exact) mass is 300 g/mol. The summed E-state index contributed by atoms with van der Waals surface area (Å²) in [6.07, 6.45) is 2.73. The van der Waals surface area contributed by atoms with E-state index >= 15 is 0 Å². The number of nitriles is 1. The lowest BCUT2D eigenvalue weighted by Gasteiger charge is -2.19. The Morgan fingerprint density at radius 1 is 1.45 bits per heavy atom. The van der Waals surface area contributed by atoms with E-state index in [-0.39, 0.29) is 0 Å². The quantitative estimate of drug-likeness (QED) is 0.852. The number of pyridine rings is 1. The average molecular weight is 300 g/mol. The van der Waals surface area contributed by atoms with Crippen LogP contribution in [0.4, 0.5) is 4.79 Å². The summed E-state index contributed by atoms with van der Waals surface area (Å²) in [4.78, 5) is 18.6. The molecule has 2 heterocycles. The van der Waals surface area contributed by atoms with E-state index in [0.717, 1.165) is 5.56 Å². The minimum atomic E-state index is -0.595. The lowest BCUT2D eigenvalue weighted by atomic mass is 10.1. The van der Waals surface area contributed by atoms with E-state index in [4.69, 9.17) is 4.74 Å². The van der Waals surface area contributed by atoms with Crippen LogP contribution in [0.1, 0.15) is 31.9 Å². The molecule has 22 heavy (non-hydrogen) atoms. The highest BCUT2D eigenvalue weighted by molar-refractivity contribution is 5.92. The molecule has 6 heteroatoms. The van der Waals surface area contributed by atoms with Crippen molar-refractivity contribution in [2.45, 2.75) is 32.9 Å². The van der Waals surface area contributed by atoms with Crippen molar-refractivity contribution in [3.05, 3.63) is 29.6 Å². The summed E-state index contributed by atoms with van der Waals surface area (Å²) in [6, 6.07) is 3.81. The zero-order chi connectivity index (χ0) is 16.5. The van der Waals surface area contributed by atoms with Crippen LogP contribution in [0.3, 0.4) is 0 Å². The number of nitrogens with zero attached hydrogens (tertiary/aromatic N) is 4. The van der Waals surface area contributed by atoms with Gasteiger partial charge in [0, 0.05) is 24.3 Å². The average Bonchev–Trinajstić information content (AvgIpc) is 2.75. The third kappa shape index (κ3) is 3.26. The summed E-state index contributed by atoms with van der Waals surface area (Å²) >= 11 is 0. The molecule has 116 valence electrons. The van der Waals surface area contributed by atoms with Crippen LogP contribution in [0, 0.1) is 11.3 Å². The molecule has 0 radical (unpaired) electrons. The van der Waals surface area contributed by atoms with Gasteiger partial charge in [0.2, 0.25) is 0 Å². The van der Waals surface area contributed by atoms with Crippen LogP contribution in [0.5, 0.6) is 0 Å². The van der Waals surface area contributed by atoms with Crippen LogP contribution >= 0.6 is 0 Å². The summed E-state index contributed by atoms with van der Waals surface area (Å²) in [5.74, 6) is 0. The molecule has 0 spiro atoms. The van der Waals surface area contributed by atoms with E-state index in [1.54, 1.807) is 12.3 Å².